The lowest BCUT2D eigenvalue weighted by Gasteiger charge is -2.23. The summed E-state index contributed by atoms with van der Waals surface area (Å²) >= 11 is 0. The van der Waals surface area contributed by atoms with Gasteiger partial charge in [0.15, 0.2) is 5.78 Å². The first-order valence-electron chi connectivity index (χ1n) is 11.4. The zero-order valence-electron chi connectivity index (χ0n) is 19.6. The van der Waals surface area contributed by atoms with Crippen LogP contribution < -0.4 is 16.0 Å². The third-order valence-electron chi connectivity index (χ3n) is 6.87. The summed E-state index contributed by atoms with van der Waals surface area (Å²) in [7, 11) is 1.94. The number of Topliss-reactive ketones (excluding diaryl/α,β-unsaturated/α-hetero) is 1. The van der Waals surface area contributed by atoms with Gasteiger partial charge in [-0.05, 0) is 81.5 Å². The van der Waals surface area contributed by atoms with Crippen LogP contribution in [0.5, 0.6) is 0 Å². The van der Waals surface area contributed by atoms with Crippen molar-refractivity contribution in [3.63, 3.8) is 0 Å². The predicted octanol–water partition coefficient (Wildman–Crippen LogP) is 1.96. The largest absolute Gasteiger partial charge is 0.373 e. The second kappa shape index (κ2) is 6.76. The van der Waals surface area contributed by atoms with Crippen molar-refractivity contribution in [3.8, 4) is 0 Å². The molecule has 2 N–H and O–H groups in total. The number of fused-ring (bicyclic) bond motifs is 6. The molecular weight excluding hydrogens is 424 g/mol. The topological polar surface area (TPSA) is 87.4 Å². The number of H-pyrrole nitrogens is 1. The Bertz CT molecular complexity index is 1550. The zero-order chi connectivity index (χ0) is 23.7. The van der Waals surface area contributed by atoms with Crippen molar-refractivity contribution in [3.05, 3.63) is 88.9 Å². The molecule has 0 aromatic carbocycles. The number of nitrogens with one attached hydrogen (secondary N) is 2. The molecule has 2 unspecified atom stereocenters. The molecule has 0 spiro atoms. The number of aryl methyl sites for hydroxylation is 1. The Hall–Kier alpha value is -4.00. The molecule has 2 atom stereocenters. The van der Waals surface area contributed by atoms with Crippen molar-refractivity contribution < 1.29 is 4.79 Å². The first kappa shape index (κ1) is 20.6. The highest BCUT2D eigenvalue weighted by Crippen LogP contribution is 2.43. The summed E-state index contributed by atoms with van der Waals surface area (Å²) in [5, 5.41) is 5.43. The Kier molecular flexibility index (Phi) is 4.09. The number of imidazole rings is 1. The number of ketones is 1. The third kappa shape index (κ3) is 3.11. The molecule has 4 aliphatic heterocycles. The number of aromatic nitrogens is 3. The van der Waals surface area contributed by atoms with Crippen LogP contribution in [-0.4, -0.2) is 37.3 Å². The van der Waals surface area contributed by atoms with E-state index >= 15 is 0 Å². The zero-order valence-corrected chi connectivity index (χ0v) is 19.6. The molecule has 34 heavy (non-hydrogen) atoms. The van der Waals surface area contributed by atoms with Crippen molar-refractivity contribution in [2.45, 2.75) is 31.8 Å². The Morgan fingerprint density at radius 3 is 2.47 bits per heavy atom. The maximum Gasteiger partial charge on any atom is 0.173 e. The second-order valence-corrected chi connectivity index (χ2v) is 10.1. The molecule has 0 amide bonds. The van der Waals surface area contributed by atoms with Crippen molar-refractivity contribution in [2.24, 2.45) is 22.4 Å². The lowest BCUT2D eigenvalue weighted by Crippen LogP contribution is -2.41. The Morgan fingerprint density at radius 2 is 1.74 bits per heavy atom. The monoisotopic (exact) mass is 450 g/mol. The number of aliphatic imine (C=N–C) groups is 2. The van der Waals surface area contributed by atoms with E-state index in [1.54, 1.807) is 6.33 Å². The normalized spacial score (nSPS) is 28.5. The summed E-state index contributed by atoms with van der Waals surface area (Å²) < 4.78 is 1.91. The molecule has 7 nitrogen and oxygen atoms in total. The molecule has 170 valence electrons. The van der Waals surface area contributed by atoms with Crippen LogP contribution in [0.3, 0.4) is 0 Å². The molecule has 2 aromatic rings. The summed E-state index contributed by atoms with van der Waals surface area (Å²) in [4.78, 5) is 31.5. The SMILES string of the molecule is Cn1cnc(C23C=CC(=N2)C=c2ccc([nH]2)=CC2=NC(=CC4(C)NC(=C3)C(C)(C)C4=O)C=C2)c1. The van der Waals surface area contributed by atoms with Crippen LogP contribution >= 0.6 is 0 Å². The lowest BCUT2D eigenvalue weighted by atomic mass is 9.79. The molecule has 7 heteroatoms. The van der Waals surface area contributed by atoms with Crippen molar-refractivity contribution in [1.82, 2.24) is 19.9 Å². The highest BCUT2D eigenvalue weighted by atomic mass is 16.1. The average Bonchev–Trinajstić information content (AvgIpc) is 3.58. The van der Waals surface area contributed by atoms with Gasteiger partial charge in [-0.2, -0.15) is 0 Å². The van der Waals surface area contributed by atoms with Gasteiger partial charge in [-0.3, -0.25) is 9.79 Å². The fourth-order valence-electron chi connectivity index (χ4n) is 5.07. The van der Waals surface area contributed by atoms with Gasteiger partial charge >= 0.3 is 0 Å². The van der Waals surface area contributed by atoms with E-state index in [0.29, 0.717) is 0 Å². The summed E-state index contributed by atoms with van der Waals surface area (Å²) in [6.45, 7) is 5.83. The first-order chi connectivity index (χ1) is 16.2. The number of hydrogen-bond donors (Lipinski definition) is 2. The number of aromatic amines is 1. The Morgan fingerprint density at radius 1 is 0.971 bits per heavy atom. The van der Waals surface area contributed by atoms with Gasteiger partial charge in [0.2, 0.25) is 0 Å². The van der Waals surface area contributed by atoms with Gasteiger partial charge in [0.25, 0.3) is 0 Å². The molecule has 0 aliphatic carbocycles. The van der Waals surface area contributed by atoms with Crippen molar-refractivity contribution >= 4 is 29.4 Å². The van der Waals surface area contributed by atoms with E-state index in [1.165, 1.54) is 0 Å². The van der Waals surface area contributed by atoms with E-state index in [9.17, 15) is 4.79 Å². The van der Waals surface area contributed by atoms with Gasteiger partial charge in [-0.25, -0.2) is 9.98 Å². The summed E-state index contributed by atoms with van der Waals surface area (Å²) in [6.07, 6.45) is 19.7. The molecule has 8 bridgehead atoms. The molecular formula is C27H26N6O. The minimum atomic E-state index is -0.892. The van der Waals surface area contributed by atoms with Gasteiger partial charge in [0, 0.05) is 29.6 Å². The van der Waals surface area contributed by atoms with E-state index in [0.717, 1.165) is 39.2 Å². The maximum absolute atomic E-state index is 13.7. The predicted molar refractivity (Wildman–Crippen MR) is 134 cm³/mol. The van der Waals surface area contributed by atoms with Crippen LogP contribution in [0.2, 0.25) is 0 Å². The maximum atomic E-state index is 13.7. The minimum Gasteiger partial charge on any atom is -0.373 e. The third-order valence-corrected chi connectivity index (χ3v) is 6.87. The Labute approximate surface area is 197 Å². The van der Waals surface area contributed by atoms with Gasteiger partial charge in [-0.15, -0.1) is 0 Å². The van der Waals surface area contributed by atoms with Crippen LogP contribution in [0.25, 0.3) is 12.2 Å². The van der Waals surface area contributed by atoms with Crippen molar-refractivity contribution in [1.29, 1.82) is 0 Å². The fourth-order valence-corrected chi connectivity index (χ4v) is 5.07. The molecule has 0 radical (unpaired) electrons. The number of rotatable bonds is 1. The van der Waals surface area contributed by atoms with E-state index in [4.69, 9.17) is 9.98 Å². The van der Waals surface area contributed by atoms with Crippen LogP contribution in [-0.2, 0) is 17.4 Å². The van der Waals surface area contributed by atoms with E-state index < -0.39 is 16.5 Å². The van der Waals surface area contributed by atoms with Gasteiger partial charge in [0.1, 0.15) is 11.1 Å². The summed E-state index contributed by atoms with van der Waals surface area (Å²) in [6, 6.07) is 4.05. The molecule has 1 fully saturated rings. The number of carbonyl (C=O) groups is 1. The Balaban J connectivity index is 1.63. The standard InChI is InChI=1S/C27H26N6O/c1-25(2)22-14-27(23-15-33(4)16-28-23)10-9-20(31-27)12-19-6-5-17(29-19)11-18-7-8-21(30-18)13-26(3,32-22)24(25)34/h5-16,29,32H,1-4H3. The average molecular weight is 451 g/mol. The smallest absolute Gasteiger partial charge is 0.173 e. The molecule has 2 aromatic heterocycles. The number of allylic oxidation sites excluding steroid dienone is 4. The van der Waals surface area contributed by atoms with Crippen LogP contribution in [0.4, 0.5) is 0 Å². The van der Waals surface area contributed by atoms with Crippen molar-refractivity contribution in [2.75, 3.05) is 0 Å². The minimum absolute atomic E-state index is 0.0894. The highest BCUT2D eigenvalue weighted by molar-refractivity contribution is 6.20. The van der Waals surface area contributed by atoms with E-state index in [1.807, 2.05) is 93.2 Å². The van der Waals surface area contributed by atoms with Crippen LogP contribution in [0, 0.1) is 5.41 Å². The first-order valence-corrected chi connectivity index (χ1v) is 11.4. The van der Waals surface area contributed by atoms with Gasteiger partial charge < -0.3 is 14.9 Å². The molecule has 6 heterocycles. The van der Waals surface area contributed by atoms with Gasteiger partial charge in [0.05, 0.1) is 34.6 Å². The molecule has 6 rings (SSSR count). The van der Waals surface area contributed by atoms with Crippen LogP contribution in [0.1, 0.15) is 26.5 Å². The molecule has 0 saturated carbocycles. The highest BCUT2D eigenvalue weighted by Gasteiger charge is 2.52. The summed E-state index contributed by atoms with van der Waals surface area (Å²) in [5.41, 5.74) is 1.61. The number of carbonyl (C=O) groups excluding carboxylic acids is 1. The van der Waals surface area contributed by atoms with Gasteiger partial charge in [-0.1, -0.05) is 0 Å². The van der Waals surface area contributed by atoms with Crippen LogP contribution in [0.15, 0.2) is 82.5 Å². The molecule has 4 aliphatic rings. The van der Waals surface area contributed by atoms with E-state index in [-0.39, 0.29) is 5.78 Å². The van der Waals surface area contributed by atoms with E-state index in [2.05, 4.69) is 21.4 Å². The lowest BCUT2D eigenvalue weighted by molar-refractivity contribution is -0.126. The fraction of sp³-hybridized carbons (Fsp3) is 0.259. The quantitative estimate of drug-likeness (QED) is 0.696. The molecule has 1 saturated heterocycles. The summed E-state index contributed by atoms with van der Waals surface area (Å²) in [5.74, 6) is 0.0894. The number of hydrogen-bond acceptors (Lipinski definition) is 5. The second-order valence-electron chi connectivity index (χ2n) is 10.1. The number of nitrogens with zero attached hydrogens (tertiary/aromatic N) is 4.